The first-order valence-corrected chi connectivity index (χ1v) is 19.1. The number of hydrogen-bond acceptors (Lipinski definition) is 2. The molecule has 0 saturated heterocycles. The Hall–Kier alpha value is -3.86. The van der Waals surface area contributed by atoms with Crippen LogP contribution >= 0.6 is 0 Å². The summed E-state index contributed by atoms with van der Waals surface area (Å²) in [5, 5.41) is 0. The molecule has 1 heterocycles. The smallest absolute Gasteiger partial charge is 0.277 e. The molecule has 0 aliphatic carbocycles. The summed E-state index contributed by atoms with van der Waals surface area (Å²) in [4.78, 5) is 8.68. The summed E-state index contributed by atoms with van der Waals surface area (Å²) in [7, 11) is -2.75. The van der Waals surface area contributed by atoms with Crippen molar-refractivity contribution in [2.24, 2.45) is 9.90 Å². The molecule has 0 spiro atoms. The summed E-state index contributed by atoms with van der Waals surface area (Å²) < 4.78 is 26.5. The van der Waals surface area contributed by atoms with E-state index < -0.39 is 7.40 Å². The van der Waals surface area contributed by atoms with Gasteiger partial charge < -0.3 is 0 Å². The Balaban J connectivity index is 2.21. The van der Waals surface area contributed by atoms with Gasteiger partial charge in [0.1, 0.15) is 0 Å². The molecule has 1 atom stereocenters. The topological polar surface area (TPSA) is 24.7 Å². The summed E-state index contributed by atoms with van der Waals surface area (Å²) in [5.74, 6) is 0. The predicted molar refractivity (Wildman–Crippen MR) is 230 cm³/mol. The SMILES string of the molecule is CC1=CC(C)=NC1/C(=C(C)/C(C)=C\C(C)=NB(F)F)c1cc(-c2cc(C(C)(C)C)cc(C(C)(C)C)c2)cc(-c2cc(C(C)(C)C)cc(C(C)(C)C)c2)c1. The Kier molecular flexibility index (Phi) is 11.9. The number of nitrogens with zero attached hydrogens (tertiary/aromatic N) is 2. The van der Waals surface area contributed by atoms with Crippen LogP contribution in [0.15, 0.2) is 93.4 Å². The molecule has 4 rings (SSSR count). The van der Waals surface area contributed by atoms with Gasteiger partial charge in [0.25, 0.3) is 0 Å². The monoisotopic (exact) mass is 717 g/mol. The Morgan fingerprint density at radius 1 is 0.604 bits per heavy atom. The number of benzene rings is 3. The molecule has 0 radical (unpaired) electrons. The van der Waals surface area contributed by atoms with Gasteiger partial charge in [-0.2, -0.15) is 0 Å². The van der Waals surface area contributed by atoms with Gasteiger partial charge in [0.05, 0.1) is 6.04 Å². The molecule has 0 N–H and O–H groups in total. The van der Waals surface area contributed by atoms with Crippen molar-refractivity contribution < 1.29 is 8.63 Å². The average Bonchev–Trinajstić information content (AvgIpc) is 3.35. The second kappa shape index (κ2) is 15.1. The van der Waals surface area contributed by atoms with E-state index in [4.69, 9.17) is 4.99 Å². The summed E-state index contributed by atoms with van der Waals surface area (Å²) in [6.07, 6.45) is 3.91. The van der Waals surface area contributed by atoms with Crippen molar-refractivity contribution in [1.82, 2.24) is 0 Å². The largest absolute Gasteiger partial charge is 0.692 e. The van der Waals surface area contributed by atoms with Gasteiger partial charge in [0.15, 0.2) is 0 Å². The Morgan fingerprint density at radius 3 is 1.30 bits per heavy atom. The Morgan fingerprint density at radius 2 is 0.981 bits per heavy atom. The van der Waals surface area contributed by atoms with E-state index in [-0.39, 0.29) is 27.7 Å². The number of halogens is 2. The first-order valence-electron chi connectivity index (χ1n) is 19.1. The van der Waals surface area contributed by atoms with Crippen molar-refractivity contribution in [3.8, 4) is 22.3 Å². The second-order valence-corrected chi connectivity index (χ2v) is 19.4. The van der Waals surface area contributed by atoms with Crippen molar-refractivity contribution >= 4 is 24.4 Å². The molecule has 1 unspecified atom stereocenters. The van der Waals surface area contributed by atoms with Crippen molar-refractivity contribution in [3.63, 3.8) is 0 Å². The van der Waals surface area contributed by atoms with E-state index in [1.807, 2.05) is 13.8 Å². The number of allylic oxidation sites excluding steroid dienone is 4. The van der Waals surface area contributed by atoms with E-state index in [1.54, 1.807) is 13.0 Å². The third-order valence-electron chi connectivity index (χ3n) is 10.4. The van der Waals surface area contributed by atoms with Crippen molar-refractivity contribution in [1.29, 1.82) is 0 Å². The standard InChI is InChI=1S/C48H63BF2N2/c1-29(18-32(4)53-49(50)51)33(5)43(44-30(2)19-31(3)52-44)38-21-34(36-23-39(45(6,7)8)27-40(24-36)46(9,10)11)20-35(22-38)37-25-41(47(12,13)14)28-42(26-37)48(15,16)17/h18-28,44H,1-17H3/b29-18-,43-33+,53-32?. The number of aliphatic imine (C=N–C) groups is 1. The molecule has 0 fully saturated rings. The third kappa shape index (κ3) is 10.2. The molecule has 53 heavy (non-hydrogen) atoms. The fraction of sp³-hybridized carbons (Fsp3) is 0.458. The lowest BCUT2D eigenvalue weighted by molar-refractivity contribution is 0.568. The summed E-state index contributed by atoms with van der Waals surface area (Å²) in [5.41, 5.74) is 16.1. The van der Waals surface area contributed by atoms with E-state index in [0.717, 1.165) is 44.7 Å². The maximum absolute atomic E-state index is 13.3. The van der Waals surface area contributed by atoms with E-state index >= 15 is 0 Å². The number of rotatable bonds is 7. The van der Waals surface area contributed by atoms with Crippen LogP contribution in [0.25, 0.3) is 27.8 Å². The molecule has 5 heteroatoms. The van der Waals surface area contributed by atoms with Crippen LogP contribution in [-0.4, -0.2) is 24.9 Å². The van der Waals surface area contributed by atoms with Gasteiger partial charge in [-0.3, -0.25) is 18.5 Å². The summed E-state index contributed by atoms with van der Waals surface area (Å²) in [6, 6.07) is 21.0. The minimum Gasteiger partial charge on any atom is -0.277 e. The first-order chi connectivity index (χ1) is 24.1. The minimum atomic E-state index is -2.75. The van der Waals surface area contributed by atoms with Crippen LogP contribution < -0.4 is 0 Å². The molecule has 0 aromatic heterocycles. The second-order valence-electron chi connectivity index (χ2n) is 19.4. The zero-order chi connectivity index (χ0) is 40.0. The van der Waals surface area contributed by atoms with E-state index in [9.17, 15) is 8.63 Å². The van der Waals surface area contributed by atoms with Gasteiger partial charge in [0, 0.05) is 11.4 Å². The molecule has 3 aromatic rings. The highest BCUT2D eigenvalue weighted by atomic mass is 19.2. The van der Waals surface area contributed by atoms with E-state index in [0.29, 0.717) is 5.71 Å². The summed E-state index contributed by atoms with van der Waals surface area (Å²) >= 11 is 0. The van der Waals surface area contributed by atoms with Gasteiger partial charge in [-0.1, -0.05) is 119 Å². The maximum atomic E-state index is 13.3. The highest BCUT2D eigenvalue weighted by molar-refractivity contribution is 6.43. The van der Waals surface area contributed by atoms with Gasteiger partial charge in [-0.05, 0) is 159 Å². The number of hydrogen-bond donors (Lipinski definition) is 0. The quantitative estimate of drug-likeness (QED) is 0.132. The molecular weight excluding hydrogens is 653 g/mol. The van der Waals surface area contributed by atoms with E-state index in [1.165, 1.54) is 33.4 Å². The lowest BCUT2D eigenvalue weighted by atomic mass is 9.77. The van der Waals surface area contributed by atoms with Crippen LogP contribution in [0.5, 0.6) is 0 Å². The minimum absolute atomic E-state index is 0.0434. The van der Waals surface area contributed by atoms with Gasteiger partial charge in [-0.15, -0.1) is 0 Å². The molecular formula is C48H63BF2N2. The average molecular weight is 717 g/mol. The zero-order valence-electron chi connectivity index (χ0n) is 35.7. The molecule has 282 valence electrons. The zero-order valence-corrected chi connectivity index (χ0v) is 35.7. The highest BCUT2D eigenvalue weighted by Gasteiger charge is 2.27. The normalized spacial score (nSPS) is 16.8. The molecule has 0 amide bonds. The molecule has 0 saturated carbocycles. The maximum Gasteiger partial charge on any atom is 0.692 e. The molecule has 3 aromatic carbocycles. The van der Waals surface area contributed by atoms with Crippen LogP contribution in [0.3, 0.4) is 0 Å². The van der Waals surface area contributed by atoms with Crippen LogP contribution in [0, 0.1) is 0 Å². The first kappa shape index (κ1) is 41.9. The lowest BCUT2D eigenvalue weighted by Gasteiger charge is -2.28. The highest BCUT2D eigenvalue weighted by Crippen LogP contribution is 2.42. The van der Waals surface area contributed by atoms with Crippen molar-refractivity contribution in [2.45, 2.75) is 145 Å². The predicted octanol–water partition coefficient (Wildman–Crippen LogP) is 14.1. The van der Waals surface area contributed by atoms with Gasteiger partial charge >= 0.3 is 7.40 Å². The molecule has 1 aliphatic rings. The molecule has 0 bridgehead atoms. The van der Waals surface area contributed by atoms with Gasteiger partial charge in [-0.25, -0.2) is 0 Å². The van der Waals surface area contributed by atoms with Crippen molar-refractivity contribution in [3.05, 3.63) is 111 Å². The Labute approximate surface area is 320 Å². The fourth-order valence-corrected chi connectivity index (χ4v) is 6.89. The Bertz CT molecular complexity index is 1870. The fourth-order valence-electron chi connectivity index (χ4n) is 6.89. The van der Waals surface area contributed by atoms with Crippen molar-refractivity contribution in [2.75, 3.05) is 0 Å². The summed E-state index contributed by atoms with van der Waals surface area (Å²) in [6.45, 7) is 37.2. The third-order valence-corrected chi connectivity index (χ3v) is 10.4. The van der Waals surface area contributed by atoms with Gasteiger partial charge in [0.2, 0.25) is 0 Å². The van der Waals surface area contributed by atoms with Crippen LogP contribution in [0.4, 0.5) is 8.63 Å². The van der Waals surface area contributed by atoms with Crippen LogP contribution in [0.1, 0.15) is 146 Å². The molecule has 2 nitrogen and oxygen atoms in total. The lowest BCUT2D eigenvalue weighted by Crippen LogP contribution is -2.17. The van der Waals surface area contributed by atoms with Crippen LogP contribution in [-0.2, 0) is 21.7 Å². The molecule has 1 aliphatic heterocycles. The van der Waals surface area contributed by atoms with E-state index in [2.05, 4.69) is 163 Å². The van der Waals surface area contributed by atoms with Crippen LogP contribution in [0.2, 0.25) is 0 Å².